The summed E-state index contributed by atoms with van der Waals surface area (Å²) in [6.07, 6.45) is 0. The van der Waals surface area contributed by atoms with Crippen LogP contribution in [0.15, 0.2) is 28.7 Å². The number of fused-ring (bicyclic) bond motifs is 1. The molecule has 1 radical (unpaired) electrons. The molecule has 2 rings (SSSR count). The first-order valence-electron chi connectivity index (χ1n) is 4.46. The summed E-state index contributed by atoms with van der Waals surface area (Å²) in [5, 5.41) is 2.66. The van der Waals surface area contributed by atoms with Crippen molar-refractivity contribution in [3.05, 3.63) is 39.9 Å². The van der Waals surface area contributed by atoms with Crippen LogP contribution in [0.4, 0.5) is 0 Å². The molecule has 0 aliphatic rings. The second-order valence-corrected chi connectivity index (χ2v) is 5.24. The summed E-state index contributed by atoms with van der Waals surface area (Å²) in [4.78, 5) is 0. The van der Waals surface area contributed by atoms with Gasteiger partial charge in [0.15, 0.2) is 0 Å². The summed E-state index contributed by atoms with van der Waals surface area (Å²) in [5.74, 6) is 0. The van der Waals surface area contributed by atoms with Gasteiger partial charge in [-0.1, -0.05) is 0 Å². The second-order valence-electron chi connectivity index (χ2n) is 3.46. The van der Waals surface area contributed by atoms with Gasteiger partial charge in [0, 0.05) is 0 Å². The van der Waals surface area contributed by atoms with Gasteiger partial charge in [-0.05, 0) is 0 Å². The van der Waals surface area contributed by atoms with Gasteiger partial charge in [-0.15, -0.1) is 0 Å². The van der Waals surface area contributed by atoms with E-state index in [1.807, 2.05) is 0 Å². The Hall–Kier alpha value is -0.301. The molecule has 0 N–H and O–H groups in total. The normalized spacial score (nSPS) is 10.8. The molecule has 0 fully saturated rings. The molecule has 2 heteroatoms. The van der Waals surface area contributed by atoms with E-state index in [0.29, 0.717) is 0 Å². The molecule has 0 saturated carbocycles. The Kier molecular flexibility index (Phi) is 2.70. The van der Waals surface area contributed by atoms with Crippen molar-refractivity contribution in [3.63, 3.8) is 0 Å². The van der Waals surface area contributed by atoms with Crippen LogP contribution in [0.3, 0.4) is 0 Å². The predicted octanol–water partition coefficient (Wildman–Crippen LogP) is 3.01. The van der Waals surface area contributed by atoms with Crippen molar-refractivity contribution in [2.45, 2.75) is 13.8 Å². The minimum absolute atomic E-state index is 1.18. The monoisotopic (exact) mass is 313 g/mol. The third-order valence-electron chi connectivity index (χ3n) is 2.59. The van der Waals surface area contributed by atoms with Crippen LogP contribution in [-0.2, 0) is 0 Å². The molecule has 71 valence electrons. The number of aryl methyl sites for hydroxylation is 2. The van der Waals surface area contributed by atoms with Crippen molar-refractivity contribution in [2.24, 2.45) is 0 Å². The maximum atomic E-state index is 3.56. The zero-order chi connectivity index (χ0) is 10.3. The number of halogens is 1. The van der Waals surface area contributed by atoms with Gasteiger partial charge in [0.25, 0.3) is 0 Å². The van der Waals surface area contributed by atoms with Gasteiger partial charge < -0.3 is 0 Å². The number of hydrogen-bond donors (Lipinski definition) is 0. The molecular weight excluding hydrogens is 303 g/mol. The van der Waals surface area contributed by atoms with Crippen molar-refractivity contribution in [1.82, 2.24) is 0 Å². The van der Waals surface area contributed by atoms with E-state index in [9.17, 15) is 0 Å². The SMILES string of the molecule is Cc1c([Se])ccc2ccc(Br)c(C)c12. The Morgan fingerprint density at radius 1 is 1.00 bits per heavy atom. The van der Waals surface area contributed by atoms with Crippen molar-refractivity contribution >= 4 is 47.2 Å². The van der Waals surface area contributed by atoms with E-state index in [4.69, 9.17) is 0 Å². The van der Waals surface area contributed by atoms with Crippen LogP contribution in [0.2, 0.25) is 0 Å². The van der Waals surface area contributed by atoms with Gasteiger partial charge in [0.2, 0.25) is 0 Å². The number of benzene rings is 2. The van der Waals surface area contributed by atoms with E-state index in [2.05, 4.69) is 70.1 Å². The van der Waals surface area contributed by atoms with Gasteiger partial charge in [-0.2, -0.15) is 0 Å². The molecule has 0 aromatic heterocycles. The van der Waals surface area contributed by atoms with Crippen LogP contribution in [-0.4, -0.2) is 16.0 Å². The molecule has 0 bridgehead atoms. The summed E-state index contributed by atoms with van der Waals surface area (Å²) in [7, 11) is 0. The van der Waals surface area contributed by atoms with Gasteiger partial charge in [0.05, 0.1) is 0 Å². The first kappa shape index (κ1) is 10.2. The Bertz CT molecular complexity index is 460. The first-order chi connectivity index (χ1) is 6.61. The molecule has 0 amide bonds. The predicted molar refractivity (Wildman–Crippen MR) is 66.5 cm³/mol. The van der Waals surface area contributed by atoms with Crippen LogP contribution in [0, 0.1) is 13.8 Å². The van der Waals surface area contributed by atoms with Crippen LogP contribution >= 0.6 is 15.9 Å². The molecular formula is C12H10BrSe. The fourth-order valence-corrected chi connectivity index (χ4v) is 2.44. The van der Waals surface area contributed by atoms with Gasteiger partial charge in [-0.25, -0.2) is 0 Å². The van der Waals surface area contributed by atoms with E-state index in [0.717, 1.165) is 0 Å². The number of hydrogen-bond acceptors (Lipinski definition) is 0. The van der Waals surface area contributed by atoms with Gasteiger partial charge >= 0.3 is 101 Å². The Labute approximate surface area is 101 Å². The molecule has 0 aliphatic heterocycles. The summed E-state index contributed by atoms with van der Waals surface area (Å²) < 4.78 is 2.41. The molecule has 0 atom stereocenters. The summed E-state index contributed by atoms with van der Waals surface area (Å²) in [5.41, 5.74) is 2.65. The zero-order valence-corrected chi connectivity index (χ0v) is 11.4. The molecule has 2 aromatic rings. The summed E-state index contributed by atoms with van der Waals surface area (Å²) in [6.45, 7) is 4.31. The van der Waals surface area contributed by atoms with E-state index < -0.39 is 0 Å². The van der Waals surface area contributed by atoms with Crippen molar-refractivity contribution in [2.75, 3.05) is 0 Å². The third-order valence-corrected chi connectivity index (χ3v) is 4.38. The molecule has 2 aromatic carbocycles. The van der Waals surface area contributed by atoms with E-state index in [1.165, 1.54) is 30.8 Å². The Morgan fingerprint density at radius 3 is 2.36 bits per heavy atom. The van der Waals surface area contributed by atoms with E-state index >= 15 is 0 Å². The molecule has 0 saturated heterocycles. The average Bonchev–Trinajstić information content (AvgIpc) is 2.17. The quantitative estimate of drug-likeness (QED) is 0.656. The number of rotatable bonds is 0. The summed E-state index contributed by atoms with van der Waals surface area (Å²) in [6, 6.07) is 8.55. The van der Waals surface area contributed by atoms with Gasteiger partial charge in [-0.3, -0.25) is 0 Å². The fourth-order valence-electron chi connectivity index (χ4n) is 1.76. The third kappa shape index (κ3) is 1.52. The molecule has 0 aliphatic carbocycles. The van der Waals surface area contributed by atoms with Crippen molar-refractivity contribution < 1.29 is 0 Å². The van der Waals surface area contributed by atoms with Gasteiger partial charge in [0.1, 0.15) is 0 Å². The van der Waals surface area contributed by atoms with Crippen LogP contribution in [0.5, 0.6) is 0 Å². The molecule has 0 spiro atoms. The zero-order valence-electron chi connectivity index (χ0n) is 8.10. The maximum absolute atomic E-state index is 3.56. The topological polar surface area (TPSA) is 0 Å². The second kappa shape index (κ2) is 3.69. The van der Waals surface area contributed by atoms with Crippen LogP contribution in [0.25, 0.3) is 10.8 Å². The summed E-state index contributed by atoms with van der Waals surface area (Å²) >= 11 is 6.66. The molecule has 0 unspecified atom stereocenters. The standard InChI is InChI=1S/C12H10BrSe/c1-7-10(13)5-3-9-4-6-11(14)8(2)12(7)9/h3-6H,1-2H3. The Balaban J connectivity index is 2.98. The Morgan fingerprint density at radius 2 is 1.64 bits per heavy atom. The van der Waals surface area contributed by atoms with Crippen molar-refractivity contribution in [3.8, 4) is 0 Å². The fraction of sp³-hybridized carbons (Fsp3) is 0.167. The average molecular weight is 313 g/mol. The molecule has 0 heterocycles. The first-order valence-corrected chi connectivity index (χ1v) is 6.11. The minimum atomic E-state index is 1.18. The van der Waals surface area contributed by atoms with Crippen molar-refractivity contribution in [1.29, 1.82) is 0 Å². The van der Waals surface area contributed by atoms with E-state index in [1.54, 1.807) is 0 Å². The van der Waals surface area contributed by atoms with Crippen LogP contribution in [0.1, 0.15) is 11.1 Å². The van der Waals surface area contributed by atoms with Crippen LogP contribution < -0.4 is 4.46 Å². The molecule has 0 nitrogen and oxygen atoms in total. The molecule has 14 heavy (non-hydrogen) atoms. The van der Waals surface area contributed by atoms with E-state index in [-0.39, 0.29) is 0 Å².